The lowest BCUT2D eigenvalue weighted by molar-refractivity contribution is -0.120. The molecule has 1 amide bonds. The van der Waals surface area contributed by atoms with Crippen molar-refractivity contribution in [2.24, 2.45) is 0 Å². The Bertz CT molecular complexity index is 733. The highest BCUT2D eigenvalue weighted by atomic mass is 16.5. The Kier molecular flexibility index (Phi) is 6.50. The highest BCUT2D eigenvalue weighted by Crippen LogP contribution is 2.29. The van der Waals surface area contributed by atoms with Crippen molar-refractivity contribution in [3.05, 3.63) is 59.7 Å². The van der Waals surface area contributed by atoms with Crippen LogP contribution in [0.2, 0.25) is 0 Å². The SMILES string of the molecule is COCCOc1ccccc1NCC(=O)N[C@@H]1CCCc2ccccc21. The lowest BCUT2D eigenvalue weighted by Gasteiger charge is -2.26. The van der Waals surface area contributed by atoms with E-state index in [-0.39, 0.29) is 18.5 Å². The van der Waals surface area contributed by atoms with E-state index in [0.717, 1.165) is 30.7 Å². The number of amides is 1. The van der Waals surface area contributed by atoms with E-state index in [9.17, 15) is 4.79 Å². The Morgan fingerprint density at radius 3 is 2.81 bits per heavy atom. The molecule has 1 atom stereocenters. The van der Waals surface area contributed by atoms with Crippen LogP contribution in [0.15, 0.2) is 48.5 Å². The Morgan fingerprint density at radius 2 is 1.92 bits per heavy atom. The summed E-state index contributed by atoms with van der Waals surface area (Å²) >= 11 is 0. The normalized spacial score (nSPS) is 15.8. The van der Waals surface area contributed by atoms with E-state index >= 15 is 0 Å². The van der Waals surface area contributed by atoms with Gasteiger partial charge < -0.3 is 20.1 Å². The average Bonchev–Trinajstić information content (AvgIpc) is 2.68. The Balaban J connectivity index is 1.55. The fourth-order valence-electron chi connectivity index (χ4n) is 3.30. The van der Waals surface area contributed by atoms with Gasteiger partial charge in [0.25, 0.3) is 0 Å². The number of aryl methyl sites for hydroxylation is 1. The molecule has 0 saturated carbocycles. The van der Waals surface area contributed by atoms with E-state index in [2.05, 4.69) is 28.8 Å². The first kappa shape index (κ1) is 18.3. The molecule has 2 aromatic rings. The summed E-state index contributed by atoms with van der Waals surface area (Å²) in [4.78, 5) is 12.4. The number of benzene rings is 2. The number of hydrogen-bond acceptors (Lipinski definition) is 4. The number of carbonyl (C=O) groups is 1. The second kappa shape index (κ2) is 9.25. The fraction of sp³-hybridized carbons (Fsp3) is 0.381. The van der Waals surface area contributed by atoms with Gasteiger partial charge in [-0.2, -0.15) is 0 Å². The predicted octanol–water partition coefficient (Wildman–Crippen LogP) is 3.32. The molecule has 0 bridgehead atoms. The minimum Gasteiger partial charge on any atom is -0.489 e. The lowest BCUT2D eigenvalue weighted by atomic mass is 9.88. The number of methoxy groups -OCH3 is 1. The van der Waals surface area contributed by atoms with Crippen LogP contribution in [-0.4, -0.2) is 32.8 Å². The molecule has 1 aliphatic carbocycles. The molecule has 0 spiro atoms. The van der Waals surface area contributed by atoms with Gasteiger partial charge in [-0.15, -0.1) is 0 Å². The molecule has 0 radical (unpaired) electrons. The van der Waals surface area contributed by atoms with Crippen LogP contribution in [0.25, 0.3) is 0 Å². The van der Waals surface area contributed by atoms with E-state index < -0.39 is 0 Å². The third-order valence-electron chi connectivity index (χ3n) is 4.58. The summed E-state index contributed by atoms with van der Waals surface area (Å²) in [5.74, 6) is 0.707. The molecular formula is C21H26N2O3. The molecule has 0 fully saturated rings. The lowest BCUT2D eigenvalue weighted by Crippen LogP contribution is -2.35. The van der Waals surface area contributed by atoms with Crippen molar-refractivity contribution in [1.82, 2.24) is 5.32 Å². The van der Waals surface area contributed by atoms with Crippen LogP contribution >= 0.6 is 0 Å². The molecule has 2 aromatic carbocycles. The van der Waals surface area contributed by atoms with Gasteiger partial charge in [-0.1, -0.05) is 36.4 Å². The van der Waals surface area contributed by atoms with Gasteiger partial charge in [0.2, 0.25) is 5.91 Å². The van der Waals surface area contributed by atoms with E-state index in [1.165, 1.54) is 11.1 Å². The molecule has 138 valence electrons. The Morgan fingerprint density at radius 1 is 1.12 bits per heavy atom. The number of rotatable bonds is 8. The molecule has 0 heterocycles. The van der Waals surface area contributed by atoms with Crippen molar-refractivity contribution < 1.29 is 14.3 Å². The van der Waals surface area contributed by atoms with Crippen LogP contribution in [0, 0.1) is 0 Å². The third-order valence-corrected chi connectivity index (χ3v) is 4.58. The van der Waals surface area contributed by atoms with Crippen molar-refractivity contribution in [2.75, 3.05) is 32.2 Å². The number of hydrogen-bond donors (Lipinski definition) is 2. The van der Waals surface area contributed by atoms with E-state index in [0.29, 0.717) is 13.2 Å². The monoisotopic (exact) mass is 354 g/mol. The quantitative estimate of drug-likeness (QED) is 0.714. The van der Waals surface area contributed by atoms with Crippen LogP contribution in [0.5, 0.6) is 5.75 Å². The maximum Gasteiger partial charge on any atom is 0.239 e. The largest absolute Gasteiger partial charge is 0.489 e. The number of nitrogens with one attached hydrogen (secondary N) is 2. The van der Waals surface area contributed by atoms with Crippen molar-refractivity contribution in [2.45, 2.75) is 25.3 Å². The smallest absolute Gasteiger partial charge is 0.239 e. The summed E-state index contributed by atoms with van der Waals surface area (Å²) in [5, 5.41) is 6.33. The molecule has 2 N–H and O–H groups in total. The summed E-state index contributed by atoms with van der Waals surface area (Å²) in [6.07, 6.45) is 3.18. The maximum atomic E-state index is 12.4. The Hall–Kier alpha value is -2.53. The molecule has 5 heteroatoms. The number of carbonyl (C=O) groups excluding carboxylic acids is 1. The van der Waals surface area contributed by atoms with Crippen LogP contribution in [-0.2, 0) is 16.0 Å². The zero-order valence-electron chi connectivity index (χ0n) is 15.2. The molecule has 26 heavy (non-hydrogen) atoms. The minimum absolute atomic E-state index is 0.0154. The first-order valence-corrected chi connectivity index (χ1v) is 9.09. The minimum atomic E-state index is -0.0154. The highest BCUT2D eigenvalue weighted by molar-refractivity contribution is 5.81. The number of fused-ring (bicyclic) bond motifs is 1. The van der Waals surface area contributed by atoms with Gasteiger partial charge in [0, 0.05) is 7.11 Å². The van der Waals surface area contributed by atoms with Gasteiger partial charge in [0.05, 0.1) is 24.9 Å². The van der Waals surface area contributed by atoms with Crippen molar-refractivity contribution in [3.8, 4) is 5.75 Å². The molecule has 5 nitrogen and oxygen atoms in total. The first-order chi connectivity index (χ1) is 12.8. The number of ether oxygens (including phenoxy) is 2. The zero-order valence-corrected chi connectivity index (χ0v) is 15.2. The highest BCUT2D eigenvalue weighted by Gasteiger charge is 2.21. The van der Waals surface area contributed by atoms with Crippen molar-refractivity contribution in [1.29, 1.82) is 0 Å². The van der Waals surface area contributed by atoms with Crippen molar-refractivity contribution in [3.63, 3.8) is 0 Å². The summed E-state index contributed by atoms with van der Waals surface area (Å²) in [5.41, 5.74) is 3.40. The van der Waals surface area contributed by atoms with Gasteiger partial charge in [0.1, 0.15) is 12.4 Å². The summed E-state index contributed by atoms with van der Waals surface area (Å²) in [6.45, 7) is 1.21. The molecular weight excluding hydrogens is 328 g/mol. The predicted molar refractivity (Wildman–Crippen MR) is 103 cm³/mol. The van der Waals surface area contributed by atoms with Gasteiger partial charge in [-0.3, -0.25) is 4.79 Å². The molecule has 0 unspecified atom stereocenters. The summed E-state index contributed by atoms with van der Waals surface area (Å²) in [7, 11) is 1.64. The van der Waals surface area contributed by atoms with Gasteiger partial charge in [-0.05, 0) is 42.5 Å². The van der Waals surface area contributed by atoms with Crippen LogP contribution in [0.1, 0.15) is 30.0 Å². The molecule has 0 aromatic heterocycles. The number of para-hydroxylation sites is 2. The standard InChI is InChI=1S/C21H26N2O3/c1-25-13-14-26-20-12-5-4-10-19(20)22-15-21(24)23-18-11-6-8-16-7-2-3-9-17(16)18/h2-5,7,9-10,12,18,22H,6,8,11,13-15H2,1H3,(H,23,24)/t18-/m1/s1. The third kappa shape index (κ3) is 4.76. The van der Waals surface area contributed by atoms with E-state index in [4.69, 9.17) is 9.47 Å². The van der Waals surface area contributed by atoms with Gasteiger partial charge in [0.15, 0.2) is 0 Å². The van der Waals surface area contributed by atoms with E-state index in [1.54, 1.807) is 7.11 Å². The fourth-order valence-corrected chi connectivity index (χ4v) is 3.30. The second-order valence-corrected chi connectivity index (χ2v) is 6.40. The second-order valence-electron chi connectivity index (χ2n) is 6.40. The Labute approximate surface area is 154 Å². The maximum absolute atomic E-state index is 12.4. The summed E-state index contributed by atoms with van der Waals surface area (Å²) in [6, 6.07) is 16.1. The molecule has 1 aliphatic rings. The van der Waals surface area contributed by atoms with Gasteiger partial charge >= 0.3 is 0 Å². The van der Waals surface area contributed by atoms with Crippen LogP contribution < -0.4 is 15.4 Å². The van der Waals surface area contributed by atoms with Crippen LogP contribution in [0.3, 0.4) is 0 Å². The first-order valence-electron chi connectivity index (χ1n) is 9.09. The van der Waals surface area contributed by atoms with E-state index in [1.807, 2.05) is 30.3 Å². The molecule has 0 aliphatic heterocycles. The topological polar surface area (TPSA) is 59.6 Å². The number of anilines is 1. The van der Waals surface area contributed by atoms with Crippen molar-refractivity contribution >= 4 is 11.6 Å². The average molecular weight is 354 g/mol. The molecule has 0 saturated heterocycles. The molecule has 3 rings (SSSR count). The van der Waals surface area contributed by atoms with Crippen LogP contribution in [0.4, 0.5) is 5.69 Å². The summed E-state index contributed by atoms with van der Waals surface area (Å²) < 4.78 is 10.7. The van der Waals surface area contributed by atoms with Gasteiger partial charge in [-0.25, -0.2) is 0 Å². The zero-order chi connectivity index (χ0) is 18.2.